The molecule has 1 aromatic carbocycles. The van der Waals surface area contributed by atoms with E-state index in [1.165, 1.54) is 32.0 Å². The van der Waals surface area contributed by atoms with Crippen molar-refractivity contribution in [3.8, 4) is 0 Å². The predicted molar refractivity (Wildman–Crippen MR) is 66.7 cm³/mol. The van der Waals surface area contributed by atoms with Crippen LogP contribution in [0.2, 0.25) is 0 Å². The third kappa shape index (κ3) is 1.78. The van der Waals surface area contributed by atoms with Crippen molar-refractivity contribution in [1.82, 2.24) is 0 Å². The van der Waals surface area contributed by atoms with Crippen molar-refractivity contribution in [3.63, 3.8) is 0 Å². The van der Waals surface area contributed by atoms with Gasteiger partial charge in [-0.2, -0.15) is 0 Å². The summed E-state index contributed by atoms with van der Waals surface area (Å²) < 4.78 is 2.53. The molecule has 1 nitrogen and oxygen atoms in total. The number of fused-ring (bicyclic) bond motifs is 1. The number of rotatable bonds is 0. The van der Waals surface area contributed by atoms with Crippen LogP contribution in [0.3, 0.4) is 0 Å². The molecular formula is C10H11BrIN. The van der Waals surface area contributed by atoms with E-state index in [0.717, 1.165) is 6.42 Å². The van der Waals surface area contributed by atoms with Crippen molar-refractivity contribution in [2.75, 3.05) is 0 Å². The molecule has 0 radical (unpaired) electrons. The van der Waals surface area contributed by atoms with Crippen LogP contribution >= 0.6 is 38.5 Å². The lowest BCUT2D eigenvalue weighted by atomic mass is 9.88. The number of benzene rings is 1. The normalized spacial score (nSPS) is 21.3. The third-order valence-electron chi connectivity index (χ3n) is 2.56. The molecule has 1 atom stereocenters. The van der Waals surface area contributed by atoms with Gasteiger partial charge in [0.2, 0.25) is 0 Å². The molecule has 0 spiro atoms. The Balaban J connectivity index is 2.60. The lowest BCUT2D eigenvalue weighted by molar-refractivity contribution is 0.566. The van der Waals surface area contributed by atoms with Gasteiger partial charge in [0.15, 0.2) is 0 Å². The van der Waals surface area contributed by atoms with Crippen LogP contribution in [0, 0.1) is 3.57 Å². The van der Waals surface area contributed by atoms with Crippen molar-refractivity contribution in [2.24, 2.45) is 5.73 Å². The highest BCUT2D eigenvalue weighted by molar-refractivity contribution is 14.1. The van der Waals surface area contributed by atoms with Crippen LogP contribution in [-0.4, -0.2) is 0 Å². The largest absolute Gasteiger partial charge is 0.324 e. The lowest BCUT2D eigenvalue weighted by Gasteiger charge is -2.24. The Kier molecular flexibility index (Phi) is 2.95. The fraction of sp³-hybridized carbons (Fsp3) is 0.400. The van der Waals surface area contributed by atoms with E-state index < -0.39 is 0 Å². The minimum atomic E-state index is 0.244. The second-order valence-corrected chi connectivity index (χ2v) is 5.44. The molecule has 2 N–H and O–H groups in total. The van der Waals surface area contributed by atoms with Gasteiger partial charge in [0, 0.05) is 14.1 Å². The van der Waals surface area contributed by atoms with Crippen molar-refractivity contribution in [3.05, 3.63) is 31.3 Å². The highest BCUT2D eigenvalue weighted by atomic mass is 127. The second kappa shape index (κ2) is 3.87. The average Bonchev–Trinajstić information content (AvgIpc) is 2.12. The molecule has 0 amide bonds. The fourth-order valence-electron chi connectivity index (χ4n) is 1.91. The summed E-state index contributed by atoms with van der Waals surface area (Å²) in [6, 6.07) is 4.50. The maximum atomic E-state index is 6.09. The molecule has 0 aromatic heterocycles. The molecule has 0 saturated heterocycles. The monoisotopic (exact) mass is 351 g/mol. The van der Waals surface area contributed by atoms with Crippen molar-refractivity contribution in [2.45, 2.75) is 25.3 Å². The zero-order valence-electron chi connectivity index (χ0n) is 7.19. The lowest BCUT2D eigenvalue weighted by Crippen LogP contribution is -2.19. The summed E-state index contributed by atoms with van der Waals surface area (Å²) in [7, 11) is 0. The summed E-state index contributed by atoms with van der Waals surface area (Å²) in [4.78, 5) is 0. The van der Waals surface area contributed by atoms with E-state index in [1.807, 2.05) is 0 Å². The Morgan fingerprint density at radius 1 is 1.46 bits per heavy atom. The summed E-state index contributed by atoms with van der Waals surface area (Å²) in [6.07, 6.45) is 3.51. The van der Waals surface area contributed by atoms with E-state index in [1.54, 1.807) is 0 Å². The van der Waals surface area contributed by atoms with Crippen LogP contribution < -0.4 is 5.73 Å². The zero-order valence-corrected chi connectivity index (χ0v) is 10.9. The first-order chi connectivity index (χ1) is 6.20. The molecule has 3 heteroatoms. The summed E-state index contributed by atoms with van der Waals surface area (Å²) in [5, 5.41) is 0. The predicted octanol–water partition coefficient (Wildman–Crippen LogP) is 3.39. The van der Waals surface area contributed by atoms with E-state index in [4.69, 9.17) is 5.73 Å². The Morgan fingerprint density at radius 3 is 2.92 bits per heavy atom. The molecule has 0 aliphatic heterocycles. The topological polar surface area (TPSA) is 26.0 Å². The molecule has 70 valence electrons. The minimum Gasteiger partial charge on any atom is -0.324 e. The minimum absolute atomic E-state index is 0.244. The highest BCUT2D eigenvalue weighted by Gasteiger charge is 2.20. The standard InChI is InChI=1S/C10H11BrIN/c11-7-4-5-8(12)10-6(7)2-1-3-9(10)13/h4-5,9H,1-3,13H2/t9-/m1/s1. The van der Waals surface area contributed by atoms with Gasteiger partial charge >= 0.3 is 0 Å². The molecule has 0 fully saturated rings. The second-order valence-electron chi connectivity index (χ2n) is 3.42. The van der Waals surface area contributed by atoms with Crippen LogP contribution in [0.25, 0.3) is 0 Å². The smallest absolute Gasteiger partial charge is 0.0308 e. The van der Waals surface area contributed by atoms with Gasteiger partial charge in [-0.05, 0) is 65.1 Å². The first kappa shape index (κ1) is 9.93. The summed E-state index contributed by atoms with van der Waals surface area (Å²) in [5.41, 5.74) is 8.87. The molecular weight excluding hydrogens is 341 g/mol. The summed E-state index contributed by atoms with van der Waals surface area (Å²) in [5.74, 6) is 0. The van der Waals surface area contributed by atoms with E-state index in [9.17, 15) is 0 Å². The van der Waals surface area contributed by atoms with Gasteiger partial charge in [-0.25, -0.2) is 0 Å². The van der Waals surface area contributed by atoms with Crippen LogP contribution in [0.15, 0.2) is 16.6 Å². The summed E-state index contributed by atoms with van der Waals surface area (Å²) in [6.45, 7) is 0. The number of halogens is 2. The zero-order chi connectivity index (χ0) is 9.42. The molecule has 1 aliphatic carbocycles. The molecule has 0 heterocycles. The van der Waals surface area contributed by atoms with Crippen molar-refractivity contribution >= 4 is 38.5 Å². The molecule has 1 aromatic rings. The average molecular weight is 352 g/mol. The third-order valence-corrected chi connectivity index (χ3v) is 4.24. The van der Waals surface area contributed by atoms with E-state index in [0.29, 0.717) is 0 Å². The van der Waals surface area contributed by atoms with Crippen molar-refractivity contribution in [1.29, 1.82) is 0 Å². The maximum Gasteiger partial charge on any atom is 0.0308 e. The molecule has 0 bridgehead atoms. The molecule has 1 aliphatic rings. The Morgan fingerprint density at radius 2 is 2.23 bits per heavy atom. The Bertz CT molecular complexity index is 338. The van der Waals surface area contributed by atoms with Crippen LogP contribution in [-0.2, 0) is 6.42 Å². The van der Waals surface area contributed by atoms with Crippen LogP contribution in [0.1, 0.15) is 30.0 Å². The quantitative estimate of drug-likeness (QED) is 0.712. The van der Waals surface area contributed by atoms with Gasteiger partial charge in [0.25, 0.3) is 0 Å². The molecule has 0 unspecified atom stereocenters. The van der Waals surface area contributed by atoms with Gasteiger partial charge in [-0.15, -0.1) is 0 Å². The fourth-order valence-corrected chi connectivity index (χ4v) is 3.36. The van der Waals surface area contributed by atoms with Gasteiger partial charge in [-0.1, -0.05) is 15.9 Å². The first-order valence-corrected chi connectivity index (χ1v) is 6.29. The first-order valence-electron chi connectivity index (χ1n) is 4.42. The van der Waals surface area contributed by atoms with Crippen LogP contribution in [0.5, 0.6) is 0 Å². The van der Waals surface area contributed by atoms with Crippen LogP contribution in [0.4, 0.5) is 0 Å². The Labute approximate surface area is 100 Å². The van der Waals surface area contributed by atoms with Gasteiger partial charge in [0.1, 0.15) is 0 Å². The van der Waals surface area contributed by atoms with Gasteiger partial charge in [0.05, 0.1) is 0 Å². The van der Waals surface area contributed by atoms with E-state index in [-0.39, 0.29) is 6.04 Å². The Hall–Kier alpha value is 0.390. The molecule has 2 rings (SSSR count). The van der Waals surface area contributed by atoms with E-state index in [2.05, 4.69) is 50.7 Å². The molecule has 13 heavy (non-hydrogen) atoms. The van der Waals surface area contributed by atoms with Gasteiger partial charge in [-0.3, -0.25) is 0 Å². The summed E-state index contributed by atoms with van der Waals surface area (Å²) >= 11 is 5.96. The van der Waals surface area contributed by atoms with Gasteiger partial charge < -0.3 is 5.73 Å². The molecule has 0 saturated carbocycles. The SMILES string of the molecule is N[C@@H]1CCCc2c(Br)ccc(I)c21. The maximum absolute atomic E-state index is 6.09. The number of hydrogen-bond acceptors (Lipinski definition) is 1. The number of nitrogens with two attached hydrogens (primary N) is 1. The van der Waals surface area contributed by atoms with E-state index >= 15 is 0 Å². The highest BCUT2D eigenvalue weighted by Crippen LogP contribution is 2.35. The van der Waals surface area contributed by atoms with Crippen molar-refractivity contribution < 1.29 is 0 Å². The number of hydrogen-bond donors (Lipinski definition) is 1.